The fourth-order valence-corrected chi connectivity index (χ4v) is 2.46. The summed E-state index contributed by atoms with van der Waals surface area (Å²) in [5.41, 5.74) is 4.44. The van der Waals surface area contributed by atoms with E-state index in [0.29, 0.717) is 0 Å². The molecule has 1 aromatic carbocycles. The van der Waals surface area contributed by atoms with Crippen LogP contribution in [0.25, 0.3) is 11.1 Å². The molecule has 0 radical (unpaired) electrons. The zero-order valence-electron chi connectivity index (χ0n) is 14.0. The number of hydrogen-bond donors (Lipinski definition) is 1. The van der Waals surface area contributed by atoms with E-state index in [-0.39, 0.29) is 6.54 Å². The van der Waals surface area contributed by atoms with Gasteiger partial charge in [-0.25, -0.2) is 23.4 Å². The molecule has 0 saturated heterocycles. The van der Waals surface area contributed by atoms with E-state index in [0.717, 1.165) is 29.8 Å². The second kappa shape index (κ2) is 9.45. The summed E-state index contributed by atoms with van der Waals surface area (Å²) in [6, 6.07) is 14.4. The number of halogens is 1. The largest absolute Gasteiger partial charge is 0.477 e. The third kappa shape index (κ3) is 7.59. The summed E-state index contributed by atoms with van der Waals surface area (Å²) in [5.74, 6) is -0.799. The van der Waals surface area contributed by atoms with E-state index in [4.69, 9.17) is 23.7 Å². The summed E-state index contributed by atoms with van der Waals surface area (Å²) in [6.45, 7) is 4.14. The highest BCUT2D eigenvalue weighted by Gasteiger charge is 2.19. The number of aryl methyl sites for hydroxylation is 2. The van der Waals surface area contributed by atoms with Crippen molar-refractivity contribution in [2.45, 2.75) is 33.2 Å². The first-order valence-electron chi connectivity index (χ1n) is 7.60. The van der Waals surface area contributed by atoms with Crippen LogP contribution >= 0.6 is 0 Å². The van der Waals surface area contributed by atoms with Crippen molar-refractivity contribution in [3.05, 3.63) is 53.9 Å². The Labute approximate surface area is 148 Å². The molecule has 0 spiro atoms. The number of aliphatic carboxylic acids is 1. The molecule has 1 heterocycles. The van der Waals surface area contributed by atoms with Gasteiger partial charge in [-0.15, -0.1) is 10.2 Å². The molecule has 0 atom stereocenters. The maximum Gasteiger partial charge on any atom is 0.370 e. The predicted octanol–water partition coefficient (Wildman–Crippen LogP) is -1.91. The van der Waals surface area contributed by atoms with E-state index in [2.05, 4.69) is 38.1 Å². The van der Waals surface area contributed by atoms with Gasteiger partial charge >= 0.3 is 5.97 Å². The van der Waals surface area contributed by atoms with E-state index >= 15 is 0 Å². The Morgan fingerprint density at radius 2 is 1.40 bits per heavy atom. The molecule has 2 aromatic rings. The molecule has 25 heavy (non-hydrogen) atoms. The quantitative estimate of drug-likeness (QED) is 0.611. The predicted molar refractivity (Wildman–Crippen MR) is 78.5 cm³/mol. The van der Waals surface area contributed by atoms with Gasteiger partial charge in [-0.05, 0) is 11.1 Å². The van der Waals surface area contributed by atoms with Crippen molar-refractivity contribution in [1.82, 2.24) is 0 Å². The van der Waals surface area contributed by atoms with Crippen LogP contribution in [0.1, 0.15) is 25.2 Å². The lowest BCUT2D eigenvalue weighted by molar-refractivity contribution is -2.00. The van der Waals surface area contributed by atoms with Gasteiger partial charge in [-0.3, -0.25) is 0 Å². The van der Waals surface area contributed by atoms with Crippen molar-refractivity contribution in [1.29, 1.82) is 0 Å². The highest BCUT2D eigenvalue weighted by molar-refractivity contribution is 5.65. The first kappa shape index (κ1) is 21.0. The fraction of sp³-hybridized carbons (Fsp3) is 0.294. The minimum absolute atomic E-state index is 0.0292. The minimum Gasteiger partial charge on any atom is -0.477 e. The van der Waals surface area contributed by atoms with Crippen LogP contribution in [0.3, 0.4) is 0 Å². The zero-order chi connectivity index (χ0) is 19.0. The van der Waals surface area contributed by atoms with Gasteiger partial charge in [0.2, 0.25) is 6.54 Å². The normalized spacial score (nSPS) is 10.8. The molecule has 0 bridgehead atoms. The first-order chi connectivity index (χ1) is 11.7. The average Bonchev–Trinajstić information content (AvgIpc) is 2.53. The number of carboxylic acid groups (broad SMARTS) is 1. The third-order valence-electron chi connectivity index (χ3n) is 3.46. The van der Waals surface area contributed by atoms with Gasteiger partial charge in [0.25, 0.3) is 0 Å². The van der Waals surface area contributed by atoms with Gasteiger partial charge in [0.05, 0.1) is 0 Å². The van der Waals surface area contributed by atoms with Crippen LogP contribution in [-0.2, 0) is 24.2 Å². The van der Waals surface area contributed by atoms with Crippen LogP contribution in [-0.4, -0.2) is 11.1 Å². The number of nitrogens with zero attached hydrogens (tertiary/aromatic N) is 1. The Balaban J connectivity index is 0.000000550. The number of pyridine rings is 1. The van der Waals surface area contributed by atoms with Gasteiger partial charge in [-0.2, -0.15) is 4.57 Å². The second-order valence-corrected chi connectivity index (χ2v) is 5.91. The Hall–Kier alpha value is -2.03. The molecule has 1 N–H and O–H groups in total. The van der Waals surface area contributed by atoms with Gasteiger partial charge in [0, 0.05) is 25.0 Å². The molecule has 0 fully saturated rings. The van der Waals surface area contributed by atoms with Crippen molar-refractivity contribution in [3.8, 4) is 11.1 Å². The third-order valence-corrected chi connectivity index (χ3v) is 3.46. The second-order valence-electron chi connectivity index (χ2n) is 5.16. The Kier molecular flexibility index (Phi) is 7.95. The maximum atomic E-state index is 11.0. The molecule has 0 saturated carbocycles. The lowest BCUT2D eigenvalue weighted by Crippen LogP contribution is -2.68. The van der Waals surface area contributed by atoms with Crippen LogP contribution in [0.4, 0.5) is 0 Å². The highest BCUT2D eigenvalue weighted by atomic mass is 35.7. The fourth-order valence-electron chi connectivity index (χ4n) is 2.46. The molecule has 0 unspecified atom stereocenters. The lowest BCUT2D eigenvalue weighted by atomic mass is 10.0. The van der Waals surface area contributed by atoms with Crippen molar-refractivity contribution < 1.29 is 43.3 Å². The summed E-state index contributed by atoms with van der Waals surface area (Å²) in [5, 5.41) is 9.07. The molecule has 0 aliphatic rings. The number of carbonyl (C=O) groups is 1. The van der Waals surface area contributed by atoms with E-state index in [1.807, 2.05) is 22.8 Å². The highest BCUT2D eigenvalue weighted by Crippen LogP contribution is 2.20. The molecule has 7 nitrogen and oxygen atoms in total. The topological polar surface area (TPSA) is 133 Å². The van der Waals surface area contributed by atoms with Crippen molar-refractivity contribution in [2.75, 3.05) is 0 Å². The Morgan fingerprint density at radius 1 is 0.960 bits per heavy atom. The van der Waals surface area contributed by atoms with Crippen LogP contribution in [0, 0.1) is 10.2 Å². The van der Waals surface area contributed by atoms with Crippen molar-refractivity contribution >= 4 is 5.97 Å². The summed E-state index contributed by atoms with van der Waals surface area (Å²) < 4.78 is 35.9. The SMILES string of the molecule is CCc1cc(-c2ccccc2)cc(CC)[n+]1CC(=O)O.[O-][Cl+3]([O-])([O-])[O-]. The molecule has 1 aromatic heterocycles. The molecular weight excluding hydrogens is 350 g/mol. The maximum absolute atomic E-state index is 11.0. The van der Waals surface area contributed by atoms with E-state index in [1.165, 1.54) is 5.56 Å². The van der Waals surface area contributed by atoms with Gasteiger partial charge < -0.3 is 5.11 Å². The molecule has 136 valence electrons. The van der Waals surface area contributed by atoms with Crippen LogP contribution in [0.2, 0.25) is 0 Å². The van der Waals surface area contributed by atoms with Crippen molar-refractivity contribution in [2.24, 2.45) is 0 Å². The first-order valence-corrected chi connectivity index (χ1v) is 8.83. The van der Waals surface area contributed by atoms with E-state index < -0.39 is 16.2 Å². The van der Waals surface area contributed by atoms with Gasteiger partial charge in [-0.1, -0.05) is 44.2 Å². The molecule has 0 aliphatic heterocycles. The average molecular weight is 370 g/mol. The Bertz CT molecular complexity index is 669. The summed E-state index contributed by atoms with van der Waals surface area (Å²) in [7, 11) is -4.94. The number of benzene rings is 1. The lowest BCUT2D eigenvalue weighted by Gasteiger charge is -2.17. The zero-order valence-corrected chi connectivity index (χ0v) is 14.7. The Morgan fingerprint density at radius 3 is 1.76 bits per heavy atom. The van der Waals surface area contributed by atoms with Gasteiger partial charge in [0.15, 0.2) is 11.4 Å². The summed E-state index contributed by atoms with van der Waals surface area (Å²) in [4.78, 5) is 11.0. The summed E-state index contributed by atoms with van der Waals surface area (Å²) in [6.07, 6.45) is 1.64. The smallest absolute Gasteiger partial charge is 0.370 e. The molecule has 0 aliphatic carbocycles. The van der Waals surface area contributed by atoms with Crippen LogP contribution < -0.4 is 23.2 Å². The number of carboxylic acids is 1. The van der Waals surface area contributed by atoms with Gasteiger partial charge in [0.1, 0.15) is 0 Å². The molecule has 2 rings (SSSR count). The van der Waals surface area contributed by atoms with Crippen LogP contribution in [0.15, 0.2) is 42.5 Å². The molecular formula is C17H20ClNO6. The van der Waals surface area contributed by atoms with Crippen LogP contribution in [0.5, 0.6) is 0 Å². The van der Waals surface area contributed by atoms with E-state index in [1.54, 1.807) is 0 Å². The number of hydrogen-bond acceptors (Lipinski definition) is 5. The number of aromatic nitrogens is 1. The number of rotatable bonds is 5. The van der Waals surface area contributed by atoms with Crippen molar-refractivity contribution in [3.63, 3.8) is 0 Å². The van der Waals surface area contributed by atoms with E-state index in [9.17, 15) is 4.79 Å². The standard InChI is InChI=1S/C17H19NO2.ClHO4/c1-3-15-10-14(13-8-6-5-7-9-13)11-16(4-2)18(15)12-17(19)20;2-1(3,4)5/h5-11H,3-4,12H2,1-2H3;(H,2,3,4,5). The summed E-state index contributed by atoms with van der Waals surface area (Å²) >= 11 is 0. The molecule has 0 amide bonds. The molecule has 8 heteroatoms. The minimum atomic E-state index is -4.94. The monoisotopic (exact) mass is 369 g/mol.